The summed E-state index contributed by atoms with van der Waals surface area (Å²) in [5.74, 6) is 1.55. The molecule has 0 saturated carbocycles. The monoisotopic (exact) mass is 385 g/mol. The number of ether oxygens (including phenoxy) is 2. The first-order valence-electron chi connectivity index (χ1n) is 9.26. The molecule has 0 fully saturated rings. The minimum Gasteiger partial charge on any atom is -0.486 e. The van der Waals surface area contributed by atoms with Gasteiger partial charge in [0.25, 0.3) is 5.56 Å². The van der Waals surface area contributed by atoms with E-state index in [9.17, 15) is 9.59 Å². The maximum absolute atomic E-state index is 12.4. The lowest BCUT2D eigenvalue weighted by Crippen LogP contribution is -2.39. The number of nitrogens with one attached hydrogen (secondary N) is 1. The van der Waals surface area contributed by atoms with Crippen molar-refractivity contribution in [2.45, 2.75) is 19.1 Å². The molecule has 1 aliphatic heterocycles. The summed E-state index contributed by atoms with van der Waals surface area (Å²) in [7, 11) is 3.10. The number of hydrogen-bond donors (Lipinski definition) is 1. The largest absolute Gasteiger partial charge is 0.486 e. The van der Waals surface area contributed by atoms with Gasteiger partial charge in [-0.15, -0.1) is 0 Å². The van der Waals surface area contributed by atoms with Crippen molar-refractivity contribution in [3.05, 3.63) is 51.4 Å². The van der Waals surface area contributed by atoms with Crippen LogP contribution in [-0.2, 0) is 20.6 Å². The molecular formula is C19H23N5O4. The van der Waals surface area contributed by atoms with Gasteiger partial charge in [-0.25, -0.2) is 9.78 Å². The normalized spacial score (nSPS) is 15.9. The van der Waals surface area contributed by atoms with Crippen molar-refractivity contribution in [2.24, 2.45) is 14.1 Å². The number of para-hydroxylation sites is 2. The quantitative estimate of drug-likeness (QED) is 0.612. The van der Waals surface area contributed by atoms with Crippen LogP contribution < -0.4 is 26.0 Å². The van der Waals surface area contributed by atoms with Gasteiger partial charge in [0, 0.05) is 27.2 Å². The molecule has 9 heteroatoms. The van der Waals surface area contributed by atoms with E-state index in [0.717, 1.165) is 29.0 Å². The Morgan fingerprint density at radius 1 is 1.18 bits per heavy atom. The van der Waals surface area contributed by atoms with E-state index in [2.05, 4.69) is 10.3 Å². The van der Waals surface area contributed by atoms with Crippen molar-refractivity contribution in [2.75, 3.05) is 19.7 Å². The fourth-order valence-electron chi connectivity index (χ4n) is 3.37. The van der Waals surface area contributed by atoms with Crippen molar-refractivity contribution >= 4 is 11.2 Å². The molecule has 0 spiro atoms. The highest BCUT2D eigenvalue weighted by Gasteiger charge is 2.20. The van der Waals surface area contributed by atoms with E-state index >= 15 is 0 Å². The first kappa shape index (κ1) is 18.3. The molecule has 0 aliphatic carbocycles. The highest BCUT2D eigenvalue weighted by atomic mass is 16.6. The van der Waals surface area contributed by atoms with Gasteiger partial charge < -0.3 is 19.4 Å². The Labute approximate surface area is 161 Å². The molecule has 28 heavy (non-hydrogen) atoms. The Kier molecular flexibility index (Phi) is 4.91. The highest BCUT2D eigenvalue weighted by Crippen LogP contribution is 2.30. The summed E-state index contributed by atoms with van der Waals surface area (Å²) >= 11 is 0. The number of aryl methyl sites for hydroxylation is 2. The van der Waals surface area contributed by atoms with Crippen LogP contribution in [-0.4, -0.2) is 44.5 Å². The Morgan fingerprint density at radius 2 is 1.96 bits per heavy atom. The smallest absolute Gasteiger partial charge is 0.332 e. The standard InChI is InChI=1S/C19H23N5O4/c1-22-17-16(18(25)23(2)19(22)26)24(12-21-17)9-5-8-20-10-13-11-27-14-6-3-4-7-15(14)28-13/h3-4,6-7,12-13,20H,5,8-11H2,1-2H3. The fraction of sp³-hybridized carbons (Fsp3) is 0.421. The number of fused-ring (bicyclic) bond motifs is 2. The molecule has 9 nitrogen and oxygen atoms in total. The average Bonchev–Trinajstić information content (AvgIpc) is 3.14. The number of aromatic nitrogens is 4. The molecule has 0 bridgehead atoms. The van der Waals surface area contributed by atoms with Gasteiger partial charge in [-0.1, -0.05) is 12.1 Å². The number of nitrogens with zero attached hydrogens (tertiary/aromatic N) is 4. The Balaban J connectivity index is 1.32. The predicted octanol–water partition coefficient (Wildman–Crippen LogP) is 0.253. The van der Waals surface area contributed by atoms with Crippen LogP contribution >= 0.6 is 0 Å². The summed E-state index contributed by atoms with van der Waals surface area (Å²) in [4.78, 5) is 28.6. The summed E-state index contributed by atoms with van der Waals surface area (Å²) in [5, 5.41) is 3.37. The number of hydrogen-bond acceptors (Lipinski definition) is 6. The van der Waals surface area contributed by atoms with Crippen LogP contribution in [0, 0.1) is 0 Å². The van der Waals surface area contributed by atoms with Gasteiger partial charge in [0.2, 0.25) is 0 Å². The van der Waals surface area contributed by atoms with Gasteiger partial charge in [0.05, 0.1) is 6.33 Å². The molecule has 0 amide bonds. The Morgan fingerprint density at radius 3 is 2.79 bits per heavy atom. The average molecular weight is 385 g/mol. The molecule has 3 aromatic rings. The number of benzene rings is 1. The lowest BCUT2D eigenvalue weighted by molar-refractivity contribution is 0.0904. The molecule has 1 aliphatic rings. The third kappa shape index (κ3) is 3.29. The summed E-state index contributed by atoms with van der Waals surface area (Å²) < 4.78 is 15.9. The van der Waals surface area contributed by atoms with E-state index in [1.54, 1.807) is 17.9 Å². The van der Waals surface area contributed by atoms with Crippen molar-refractivity contribution in [1.82, 2.24) is 24.0 Å². The molecule has 4 rings (SSSR count). The van der Waals surface area contributed by atoms with Gasteiger partial charge >= 0.3 is 5.69 Å². The van der Waals surface area contributed by atoms with E-state index < -0.39 is 0 Å². The van der Waals surface area contributed by atoms with E-state index in [0.29, 0.717) is 30.9 Å². The second kappa shape index (κ2) is 7.51. The number of imidazole rings is 1. The van der Waals surface area contributed by atoms with E-state index in [1.165, 1.54) is 11.6 Å². The minimum absolute atomic E-state index is 0.0363. The van der Waals surface area contributed by atoms with Crippen LogP contribution in [0.1, 0.15) is 6.42 Å². The lowest BCUT2D eigenvalue weighted by atomic mass is 10.2. The lowest BCUT2D eigenvalue weighted by Gasteiger charge is -2.26. The van der Waals surface area contributed by atoms with Gasteiger partial charge in [-0.05, 0) is 25.1 Å². The third-order valence-corrected chi connectivity index (χ3v) is 4.91. The molecule has 148 valence electrons. The summed E-state index contributed by atoms with van der Waals surface area (Å²) in [6.07, 6.45) is 2.38. The summed E-state index contributed by atoms with van der Waals surface area (Å²) in [6, 6.07) is 7.65. The topological polar surface area (TPSA) is 92.3 Å². The predicted molar refractivity (Wildman–Crippen MR) is 104 cm³/mol. The van der Waals surface area contributed by atoms with Crippen molar-refractivity contribution in [3.8, 4) is 11.5 Å². The molecule has 0 saturated heterocycles. The maximum Gasteiger partial charge on any atom is 0.332 e. The van der Waals surface area contributed by atoms with Crippen LogP contribution in [0.5, 0.6) is 11.5 Å². The Hall–Kier alpha value is -3.07. The van der Waals surface area contributed by atoms with Crippen molar-refractivity contribution in [3.63, 3.8) is 0 Å². The molecule has 1 N–H and O–H groups in total. The van der Waals surface area contributed by atoms with Gasteiger partial charge in [0.15, 0.2) is 22.7 Å². The van der Waals surface area contributed by atoms with Crippen LogP contribution in [0.25, 0.3) is 11.2 Å². The molecule has 2 aromatic heterocycles. The summed E-state index contributed by atoms with van der Waals surface area (Å²) in [6.45, 7) is 2.57. The second-order valence-electron chi connectivity index (χ2n) is 6.87. The molecule has 1 unspecified atom stereocenters. The highest BCUT2D eigenvalue weighted by molar-refractivity contribution is 5.69. The van der Waals surface area contributed by atoms with E-state index in [4.69, 9.17) is 9.47 Å². The molecule has 1 aromatic carbocycles. The maximum atomic E-state index is 12.4. The SMILES string of the molecule is Cn1c(=O)c2c(ncn2CCCNCC2COc3ccccc3O2)n(C)c1=O. The molecule has 0 radical (unpaired) electrons. The van der Waals surface area contributed by atoms with Gasteiger partial charge in [-0.2, -0.15) is 0 Å². The van der Waals surface area contributed by atoms with Crippen molar-refractivity contribution in [1.29, 1.82) is 0 Å². The van der Waals surface area contributed by atoms with E-state index in [1.807, 2.05) is 24.3 Å². The first-order chi connectivity index (χ1) is 13.6. The first-order valence-corrected chi connectivity index (χ1v) is 9.26. The Bertz CT molecular complexity index is 1110. The minimum atomic E-state index is -0.374. The van der Waals surface area contributed by atoms with Gasteiger partial charge in [-0.3, -0.25) is 13.9 Å². The zero-order valence-electron chi connectivity index (χ0n) is 15.9. The van der Waals surface area contributed by atoms with Crippen LogP contribution in [0.2, 0.25) is 0 Å². The molecule has 3 heterocycles. The number of rotatable bonds is 6. The molecule has 1 atom stereocenters. The zero-order chi connectivity index (χ0) is 19.7. The molecular weight excluding hydrogens is 362 g/mol. The van der Waals surface area contributed by atoms with E-state index in [-0.39, 0.29) is 17.4 Å². The third-order valence-electron chi connectivity index (χ3n) is 4.91. The van der Waals surface area contributed by atoms with Crippen LogP contribution in [0.4, 0.5) is 0 Å². The summed E-state index contributed by atoms with van der Waals surface area (Å²) in [5.41, 5.74) is 0.161. The van der Waals surface area contributed by atoms with Crippen molar-refractivity contribution < 1.29 is 9.47 Å². The fourth-order valence-corrected chi connectivity index (χ4v) is 3.37. The van der Waals surface area contributed by atoms with Crippen LogP contribution in [0.15, 0.2) is 40.2 Å². The second-order valence-corrected chi connectivity index (χ2v) is 6.87. The van der Waals surface area contributed by atoms with Crippen LogP contribution in [0.3, 0.4) is 0 Å². The zero-order valence-corrected chi connectivity index (χ0v) is 15.9. The van der Waals surface area contributed by atoms with Gasteiger partial charge in [0.1, 0.15) is 12.7 Å².